The molecule has 0 unspecified atom stereocenters. The van der Waals surface area contributed by atoms with Crippen LogP contribution in [-0.4, -0.2) is 29.9 Å². The number of rotatable bonds is 10. The van der Waals surface area contributed by atoms with E-state index in [2.05, 4.69) is 10.4 Å². The fraction of sp³-hybridized carbons (Fsp3) is 0.172. The first-order valence-electron chi connectivity index (χ1n) is 11.5. The number of carbonyl (C=O) groups is 1. The molecule has 0 spiro atoms. The summed E-state index contributed by atoms with van der Waals surface area (Å²) in [7, 11) is 3.27. The number of hydrogen-bond acceptors (Lipinski definition) is 5. The quantitative estimate of drug-likeness (QED) is 0.302. The highest BCUT2D eigenvalue weighted by Crippen LogP contribution is 2.23. The number of ether oxygens (including phenoxy) is 3. The molecular weight excluding hydrogens is 454 g/mol. The molecule has 1 amide bonds. The van der Waals surface area contributed by atoms with Crippen molar-refractivity contribution in [1.29, 1.82) is 0 Å². The first kappa shape index (κ1) is 24.6. The minimum absolute atomic E-state index is 0.246. The fourth-order valence-electron chi connectivity index (χ4n) is 3.71. The largest absolute Gasteiger partial charge is 0.497 e. The summed E-state index contributed by atoms with van der Waals surface area (Å²) < 4.78 is 18.4. The Kier molecular flexibility index (Phi) is 8.03. The molecule has 7 heteroatoms. The van der Waals surface area contributed by atoms with Gasteiger partial charge >= 0.3 is 0 Å². The van der Waals surface area contributed by atoms with Crippen molar-refractivity contribution in [2.24, 2.45) is 0 Å². The minimum atomic E-state index is -0.246. The first-order valence-corrected chi connectivity index (χ1v) is 11.5. The van der Waals surface area contributed by atoms with Crippen LogP contribution in [-0.2, 0) is 17.9 Å². The third-order valence-electron chi connectivity index (χ3n) is 5.49. The number of carbonyl (C=O) groups excluding carboxylic acids is 1. The van der Waals surface area contributed by atoms with Gasteiger partial charge in [0.15, 0.2) is 0 Å². The summed E-state index contributed by atoms with van der Waals surface area (Å²) in [5.74, 6) is 2.07. The van der Waals surface area contributed by atoms with Gasteiger partial charge in [-0.2, -0.15) is 5.10 Å². The third-order valence-corrected chi connectivity index (χ3v) is 5.49. The van der Waals surface area contributed by atoms with Crippen LogP contribution in [0.1, 0.15) is 22.3 Å². The molecule has 4 aromatic rings. The van der Waals surface area contributed by atoms with Crippen LogP contribution in [0.25, 0.3) is 6.08 Å². The van der Waals surface area contributed by atoms with Gasteiger partial charge in [-0.1, -0.05) is 30.3 Å². The van der Waals surface area contributed by atoms with Crippen LogP contribution in [0.4, 0.5) is 5.69 Å². The van der Waals surface area contributed by atoms with Crippen molar-refractivity contribution in [3.63, 3.8) is 0 Å². The van der Waals surface area contributed by atoms with E-state index >= 15 is 0 Å². The second-order valence-electron chi connectivity index (χ2n) is 8.28. The summed E-state index contributed by atoms with van der Waals surface area (Å²) in [6, 6.07) is 21.4. The predicted molar refractivity (Wildman–Crippen MR) is 140 cm³/mol. The number of benzene rings is 3. The SMILES string of the molecule is COc1cccc(Cn2cc(NC(=O)/C=C/c3ccc(OC)c(COc4cccc(C)c4)c3)cn2)c1. The molecule has 0 aliphatic carbocycles. The third kappa shape index (κ3) is 6.76. The zero-order valence-electron chi connectivity index (χ0n) is 20.6. The second kappa shape index (κ2) is 11.8. The molecule has 1 heterocycles. The van der Waals surface area contributed by atoms with Crippen LogP contribution in [0.2, 0.25) is 0 Å². The maximum atomic E-state index is 12.5. The highest BCUT2D eigenvalue weighted by Gasteiger charge is 2.07. The highest BCUT2D eigenvalue weighted by molar-refractivity contribution is 6.01. The lowest BCUT2D eigenvalue weighted by molar-refractivity contribution is -0.111. The molecule has 3 aromatic carbocycles. The molecule has 7 nitrogen and oxygen atoms in total. The topological polar surface area (TPSA) is 74.6 Å². The summed E-state index contributed by atoms with van der Waals surface area (Å²) >= 11 is 0. The number of amides is 1. The molecule has 4 rings (SSSR count). The van der Waals surface area contributed by atoms with E-state index in [1.54, 1.807) is 37.4 Å². The van der Waals surface area contributed by atoms with Gasteiger partial charge in [-0.25, -0.2) is 0 Å². The van der Waals surface area contributed by atoms with Crippen LogP contribution in [0.5, 0.6) is 17.2 Å². The van der Waals surface area contributed by atoms with Crippen molar-refractivity contribution in [2.75, 3.05) is 19.5 Å². The summed E-state index contributed by atoms with van der Waals surface area (Å²) in [5, 5.41) is 7.18. The Labute approximate surface area is 210 Å². The molecule has 1 N–H and O–H groups in total. The monoisotopic (exact) mass is 483 g/mol. The molecule has 0 aliphatic rings. The molecule has 184 valence electrons. The number of methoxy groups -OCH3 is 2. The number of nitrogens with zero attached hydrogens (tertiary/aromatic N) is 2. The predicted octanol–water partition coefficient (Wildman–Crippen LogP) is 5.49. The molecule has 0 saturated heterocycles. The number of aromatic nitrogens is 2. The second-order valence-corrected chi connectivity index (χ2v) is 8.28. The number of hydrogen-bond donors (Lipinski definition) is 1. The Morgan fingerprint density at radius 3 is 2.64 bits per heavy atom. The Morgan fingerprint density at radius 2 is 1.83 bits per heavy atom. The molecule has 0 fully saturated rings. The van der Waals surface area contributed by atoms with Gasteiger partial charge in [-0.15, -0.1) is 0 Å². The maximum Gasteiger partial charge on any atom is 0.248 e. The number of aryl methyl sites for hydroxylation is 1. The normalized spacial score (nSPS) is 10.9. The fourth-order valence-corrected chi connectivity index (χ4v) is 3.71. The Hall–Kier alpha value is -4.52. The Balaban J connectivity index is 1.36. The van der Waals surface area contributed by atoms with E-state index in [1.807, 2.05) is 73.7 Å². The smallest absolute Gasteiger partial charge is 0.248 e. The molecule has 0 saturated carbocycles. The molecule has 0 aliphatic heterocycles. The van der Waals surface area contributed by atoms with E-state index in [0.29, 0.717) is 18.8 Å². The van der Waals surface area contributed by atoms with Gasteiger partial charge in [0.2, 0.25) is 5.91 Å². The van der Waals surface area contributed by atoms with E-state index < -0.39 is 0 Å². The van der Waals surface area contributed by atoms with E-state index in [1.165, 1.54) is 6.08 Å². The number of nitrogens with one attached hydrogen (secondary N) is 1. The lowest BCUT2D eigenvalue weighted by atomic mass is 10.1. The number of anilines is 1. The van der Waals surface area contributed by atoms with E-state index in [-0.39, 0.29) is 5.91 Å². The molecular formula is C29H29N3O4. The van der Waals surface area contributed by atoms with Gasteiger partial charge < -0.3 is 19.5 Å². The molecule has 0 bridgehead atoms. The van der Waals surface area contributed by atoms with Crippen molar-refractivity contribution in [3.8, 4) is 17.2 Å². The molecule has 0 radical (unpaired) electrons. The van der Waals surface area contributed by atoms with Crippen molar-refractivity contribution < 1.29 is 19.0 Å². The highest BCUT2D eigenvalue weighted by atomic mass is 16.5. The van der Waals surface area contributed by atoms with E-state index in [0.717, 1.165) is 39.5 Å². The molecule has 36 heavy (non-hydrogen) atoms. The van der Waals surface area contributed by atoms with Gasteiger partial charge in [0.05, 0.1) is 32.6 Å². The van der Waals surface area contributed by atoms with Crippen LogP contribution in [0.15, 0.2) is 85.2 Å². The summed E-state index contributed by atoms with van der Waals surface area (Å²) in [4.78, 5) is 12.5. The lowest BCUT2D eigenvalue weighted by Crippen LogP contribution is -2.07. The van der Waals surface area contributed by atoms with Crippen molar-refractivity contribution >= 4 is 17.7 Å². The Morgan fingerprint density at radius 1 is 1.00 bits per heavy atom. The van der Waals surface area contributed by atoms with Crippen LogP contribution >= 0.6 is 0 Å². The van der Waals surface area contributed by atoms with Crippen LogP contribution < -0.4 is 19.5 Å². The van der Waals surface area contributed by atoms with Gasteiger partial charge in [0.25, 0.3) is 0 Å². The van der Waals surface area contributed by atoms with Crippen molar-refractivity contribution in [2.45, 2.75) is 20.1 Å². The lowest BCUT2D eigenvalue weighted by Gasteiger charge is -2.11. The maximum absolute atomic E-state index is 12.5. The zero-order valence-corrected chi connectivity index (χ0v) is 20.6. The van der Waals surface area contributed by atoms with Gasteiger partial charge in [-0.05, 0) is 66.1 Å². The molecule has 0 atom stereocenters. The average Bonchev–Trinajstić information content (AvgIpc) is 3.32. The van der Waals surface area contributed by atoms with E-state index in [9.17, 15) is 4.79 Å². The van der Waals surface area contributed by atoms with Crippen LogP contribution in [0, 0.1) is 6.92 Å². The van der Waals surface area contributed by atoms with Crippen LogP contribution in [0.3, 0.4) is 0 Å². The van der Waals surface area contributed by atoms with Crippen molar-refractivity contribution in [1.82, 2.24) is 9.78 Å². The summed E-state index contributed by atoms with van der Waals surface area (Å²) in [6.45, 7) is 2.95. The standard InChI is InChI=1S/C29H29N3O4/c1-21-6-4-9-27(14-21)36-20-24-15-22(10-12-28(24)35-3)11-13-29(33)31-25-17-30-32(19-25)18-23-7-5-8-26(16-23)34-2/h4-17,19H,18,20H2,1-3H3,(H,31,33)/b13-11+. The van der Waals surface area contributed by atoms with Gasteiger partial charge in [0, 0.05) is 17.8 Å². The summed E-state index contributed by atoms with van der Waals surface area (Å²) in [6.07, 6.45) is 6.66. The Bertz CT molecular complexity index is 1360. The van der Waals surface area contributed by atoms with E-state index in [4.69, 9.17) is 14.2 Å². The van der Waals surface area contributed by atoms with Gasteiger partial charge in [0.1, 0.15) is 23.9 Å². The average molecular weight is 484 g/mol. The zero-order chi connectivity index (χ0) is 25.3. The molecule has 1 aromatic heterocycles. The van der Waals surface area contributed by atoms with Crippen molar-refractivity contribution in [3.05, 3.63) is 107 Å². The summed E-state index contributed by atoms with van der Waals surface area (Å²) in [5.41, 5.74) is 4.56. The van der Waals surface area contributed by atoms with Gasteiger partial charge in [-0.3, -0.25) is 9.48 Å². The first-order chi connectivity index (χ1) is 17.5. The minimum Gasteiger partial charge on any atom is -0.497 e.